The number of hydrogen-bond donors (Lipinski definition) is 0. The van der Waals surface area contributed by atoms with Crippen LogP contribution in [0.4, 0.5) is 45.5 Å². The topological polar surface area (TPSA) is 9.72 Å². The Hall–Kier alpha value is -8.92. The zero-order valence-corrected chi connectivity index (χ0v) is 39.3. The number of nitrogens with zero attached hydrogens (tertiary/aromatic N) is 3. The smallest absolute Gasteiger partial charge is 0.0714 e. The SMILES string of the molecule is C(=C\c1ccc2c(ccc3cc(N4c5ccccc5N(c5ccccc5)c5ccccc54)ccc32)c1)/c1ccc2c(c1)C(c1ccccc1)(c1ccccc1)c1cc(N3CCCc4ccccc43)ccc1-2. The second kappa shape index (κ2) is 16.6. The van der Waals surface area contributed by atoms with Crippen LogP contribution in [-0.2, 0) is 11.8 Å². The number of hydrogen-bond acceptors (Lipinski definition) is 3. The van der Waals surface area contributed by atoms with E-state index < -0.39 is 5.41 Å². The Labute approximate surface area is 415 Å². The highest BCUT2D eigenvalue weighted by atomic mass is 15.3. The van der Waals surface area contributed by atoms with E-state index in [1.165, 1.54) is 83.0 Å². The van der Waals surface area contributed by atoms with Crippen LogP contribution in [0.15, 0.2) is 249 Å². The van der Waals surface area contributed by atoms with E-state index in [0.29, 0.717) is 0 Å². The first-order chi connectivity index (χ1) is 35.2. The van der Waals surface area contributed by atoms with Crippen LogP contribution in [0, 0.1) is 0 Å². The molecule has 0 aromatic heterocycles. The van der Waals surface area contributed by atoms with Crippen molar-refractivity contribution in [3.05, 3.63) is 288 Å². The van der Waals surface area contributed by atoms with E-state index in [9.17, 15) is 0 Å². The molecule has 0 saturated heterocycles. The summed E-state index contributed by atoms with van der Waals surface area (Å²) >= 11 is 0. The fourth-order valence-electron chi connectivity index (χ4n) is 12.2. The maximum atomic E-state index is 2.54. The predicted octanol–water partition coefficient (Wildman–Crippen LogP) is 17.9. The molecule has 0 fully saturated rings. The van der Waals surface area contributed by atoms with Crippen molar-refractivity contribution in [1.29, 1.82) is 0 Å². The molecule has 11 aromatic rings. The largest absolute Gasteiger partial charge is 0.341 e. The molecule has 71 heavy (non-hydrogen) atoms. The molecule has 3 aliphatic rings. The minimum Gasteiger partial charge on any atom is -0.341 e. The van der Waals surface area contributed by atoms with Crippen molar-refractivity contribution in [2.24, 2.45) is 0 Å². The van der Waals surface area contributed by atoms with E-state index in [-0.39, 0.29) is 0 Å². The lowest BCUT2D eigenvalue weighted by Crippen LogP contribution is -2.29. The summed E-state index contributed by atoms with van der Waals surface area (Å²) < 4.78 is 0. The lowest BCUT2D eigenvalue weighted by Gasteiger charge is -2.40. The second-order valence-corrected chi connectivity index (χ2v) is 19.2. The van der Waals surface area contributed by atoms with Gasteiger partial charge >= 0.3 is 0 Å². The highest BCUT2D eigenvalue weighted by molar-refractivity contribution is 6.10. The molecular formula is C68H49N3. The van der Waals surface area contributed by atoms with Crippen LogP contribution in [0.5, 0.6) is 0 Å². The Morgan fingerprint density at radius 3 is 1.48 bits per heavy atom. The number of para-hydroxylation sites is 6. The summed E-state index contributed by atoms with van der Waals surface area (Å²) in [5.41, 5.74) is 20.5. The Balaban J connectivity index is 0.824. The lowest BCUT2D eigenvalue weighted by atomic mass is 9.67. The number of benzene rings is 11. The van der Waals surface area contributed by atoms with Gasteiger partial charge in [-0.3, -0.25) is 0 Å². The molecule has 0 N–H and O–H groups in total. The van der Waals surface area contributed by atoms with Crippen LogP contribution in [0.25, 0.3) is 44.8 Å². The predicted molar refractivity (Wildman–Crippen MR) is 299 cm³/mol. The summed E-state index contributed by atoms with van der Waals surface area (Å²) in [4.78, 5) is 7.32. The van der Waals surface area contributed by atoms with Gasteiger partial charge in [0.1, 0.15) is 0 Å². The molecule has 3 nitrogen and oxygen atoms in total. The summed E-state index contributed by atoms with van der Waals surface area (Å²) in [7, 11) is 0. The van der Waals surface area contributed by atoms with E-state index in [1.807, 2.05) is 0 Å². The van der Waals surface area contributed by atoms with E-state index in [1.54, 1.807) is 0 Å². The molecule has 0 radical (unpaired) electrons. The Morgan fingerprint density at radius 1 is 0.352 bits per heavy atom. The zero-order valence-electron chi connectivity index (χ0n) is 39.3. The van der Waals surface area contributed by atoms with Gasteiger partial charge in [0.25, 0.3) is 0 Å². The van der Waals surface area contributed by atoms with Crippen LogP contribution in [0.1, 0.15) is 45.4 Å². The van der Waals surface area contributed by atoms with Crippen LogP contribution in [0.3, 0.4) is 0 Å². The van der Waals surface area contributed by atoms with Crippen molar-refractivity contribution in [1.82, 2.24) is 0 Å². The van der Waals surface area contributed by atoms with E-state index in [0.717, 1.165) is 53.5 Å². The molecule has 1 aliphatic carbocycles. The molecule has 0 spiro atoms. The van der Waals surface area contributed by atoms with E-state index in [4.69, 9.17) is 0 Å². The van der Waals surface area contributed by atoms with Crippen LogP contribution < -0.4 is 14.7 Å². The molecular weight excluding hydrogens is 859 g/mol. The molecule has 2 aliphatic heterocycles. The van der Waals surface area contributed by atoms with Gasteiger partial charge in [0, 0.05) is 29.3 Å². The van der Waals surface area contributed by atoms with Crippen molar-refractivity contribution >= 4 is 79.2 Å². The van der Waals surface area contributed by atoms with Crippen molar-refractivity contribution in [3.8, 4) is 11.1 Å². The first kappa shape index (κ1) is 41.1. The Morgan fingerprint density at radius 2 is 0.831 bits per heavy atom. The van der Waals surface area contributed by atoms with Gasteiger partial charge in [0.05, 0.1) is 28.2 Å². The normalized spacial score (nSPS) is 14.3. The number of anilines is 8. The highest BCUT2D eigenvalue weighted by Gasteiger charge is 2.46. The Bertz CT molecular complexity index is 3790. The average Bonchev–Trinajstić information content (AvgIpc) is 3.73. The monoisotopic (exact) mass is 907 g/mol. The fourth-order valence-corrected chi connectivity index (χ4v) is 12.2. The molecule has 0 amide bonds. The van der Waals surface area contributed by atoms with Crippen LogP contribution in [-0.4, -0.2) is 6.54 Å². The van der Waals surface area contributed by atoms with Crippen molar-refractivity contribution in [3.63, 3.8) is 0 Å². The summed E-state index contributed by atoms with van der Waals surface area (Å²) in [6.07, 6.45) is 6.83. The first-order valence-electron chi connectivity index (χ1n) is 24.9. The van der Waals surface area contributed by atoms with Gasteiger partial charge in [-0.2, -0.15) is 0 Å². The van der Waals surface area contributed by atoms with Gasteiger partial charge in [0.2, 0.25) is 0 Å². The molecule has 2 heterocycles. The Kier molecular flexibility index (Phi) is 9.63. The molecule has 0 atom stereocenters. The average molecular weight is 908 g/mol. The third-order valence-electron chi connectivity index (χ3n) is 15.3. The minimum atomic E-state index is -0.504. The van der Waals surface area contributed by atoms with Crippen molar-refractivity contribution in [2.45, 2.75) is 18.3 Å². The fraction of sp³-hybridized carbons (Fsp3) is 0.0588. The summed E-state index contributed by atoms with van der Waals surface area (Å²) in [6.45, 7) is 1.01. The molecule has 0 saturated carbocycles. The van der Waals surface area contributed by atoms with Crippen molar-refractivity contribution < 1.29 is 0 Å². The lowest BCUT2D eigenvalue weighted by molar-refractivity contribution is 0.756. The van der Waals surface area contributed by atoms with E-state index >= 15 is 0 Å². The molecule has 14 rings (SSSR count). The highest BCUT2D eigenvalue weighted by Crippen LogP contribution is 2.58. The minimum absolute atomic E-state index is 0.504. The summed E-state index contributed by atoms with van der Waals surface area (Å²) in [5.74, 6) is 0. The summed E-state index contributed by atoms with van der Waals surface area (Å²) in [5, 5.41) is 4.93. The summed E-state index contributed by atoms with van der Waals surface area (Å²) in [6, 6.07) is 92.1. The standard InChI is InChI=1S/C68H49N3/c1-4-19-52(20-5-1)68(53-21-6-2-7-22-53)61-44-48(33-39-59(61)60-41-36-55(46-62(60)68)69-42-16-18-49-17-10-11-25-63(49)69)31-30-47-32-38-57-50(43-47)34-35-51-45-56(37-40-58(51)57)71-66-28-14-12-26-64(66)70(54-23-8-3-9-24-54)65-27-13-15-29-67(65)71/h1-15,17,19-41,43-46H,16,18,42H2/b31-30+. The third kappa shape index (κ3) is 6.57. The van der Waals surface area contributed by atoms with E-state index in [2.05, 4.69) is 276 Å². The maximum Gasteiger partial charge on any atom is 0.0714 e. The maximum absolute atomic E-state index is 2.54. The van der Waals surface area contributed by atoms with Gasteiger partial charge in [-0.15, -0.1) is 0 Å². The molecule has 3 heteroatoms. The quantitative estimate of drug-likeness (QED) is 0.117. The van der Waals surface area contributed by atoms with Gasteiger partial charge in [0.15, 0.2) is 0 Å². The number of aryl methyl sites for hydroxylation is 1. The van der Waals surface area contributed by atoms with Gasteiger partial charge in [-0.25, -0.2) is 0 Å². The number of fused-ring (bicyclic) bond motifs is 9. The van der Waals surface area contributed by atoms with Gasteiger partial charge in [-0.05, 0) is 163 Å². The first-order valence-corrected chi connectivity index (χ1v) is 24.9. The van der Waals surface area contributed by atoms with Gasteiger partial charge < -0.3 is 14.7 Å². The molecule has 336 valence electrons. The zero-order chi connectivity index (χ0) is 46.9. The second-order valence-electron chi connectivity index (χ2n) is 19.2. The van der Waals surface area contributed by atoms with Crippen molar-refractivity contribution in [2.75, 3.05) is 21.2 Å². The third-order valence-corrected chi connectivity index (χ3v) is 15.3. The molecule has 0 unspecified atom stereocenters. The number of rotatable bonds is 7. The molecule has 0 bridgehead atoms. The van der Waals surface area contributed by atoms with Crippen LogP contribution in [0.2, 0.25) is 0 Å². The van der Waals surface area contributed by atoms with Gasteiger partial charge in [-0.1, -0.05) is 182 Å². The molecule has 11 aromatic carbocycles. The van der Waals surface area contributed by atoms with Crippen LogP contribution >= 0.6 is 0 Å².